The molecule has 7 heteroatoms. The Hall–Kier alpha value is -2.02. The van der Waals surface area contributed by atoms with Gasteiger partial charge in [-0.15, -0.1) is 0 Å². The van der Waals surface area contributed by atoms with Gasteiger partial charge >= 0.3 is 0 Å². The van der Waals surface area contributed by atoms with E-state index in [1.807, 2.05) is 6.92 Å². The maximum absolute atomic E-state index is 13.0. The lowest BCUT2D eigenvalue weighted by atomic mass is 10.1. The van der Waals surface area contributed by atoms with E-state index in [1.165, 1.54) is 0 Å². The van der Waals surface area contributed by atoms with Crippen molar-refractivity contribution in [2.24, 2.45) is 5.73 Å². The minimum atomic E-state index is -0.766. The van der Waals surface area contributed by atoms with Gasteiger partial charge in [0.1, 0.15) is 11.5 Å². The van der Waals surface area contributed by atoms with Crippen molar-refractivity contribution in [1.82, 2.24) is 0 Å². The summed E-state index contributed by atoms with van der Waals surface area (Å²) in [5.41, 5.74) is 5.01. The average Bonchev–Trinajstić information content (AvgIpc) is 2.28. The summed E-state index contributed by atoms with van der Waals surface area (Å²) >= 11 is 0. The van der Waals surface area contributed by atoms with Crippen LogP contribution >= 0.6 is 0 Å². The van der Waals surface area contributed by atoms with E-state index in [4.69, 9.17) is 5.73 Å². The molecule has 1 aromatic carbocycles. The number of nitro benzene ring substituents is 1. The first-order valence-corrected chi connectivity index (χ1v) is 5.46. The summed E-state index contributed by atoms with van der Waals surface area (Å²) < 4.78 is 13.0. The van der Waals surface area contributed by atoms with Gasteiger partial charge in [0.15, 0.2) is 0 Å². The number of nitro groups is 1. The number of amides is 1. The fraction of sp³-hybridized carbons (Fsp3) is 0.364. The molecule has 0 unspecified atom stereocenters. The fourth-order valence-corrected chi connectivity index (χ4v) is 1.44. The van der Waals surface area contributed by atoms with Gasteiger partial charge in [0, 0.05) is 12.1 Å². The molecule has 98 valence electrons. The summed E-state index contributed by atoms with van der Waals surface area (Å²) in [5.74, 6) is -1.23. The molecule has 1 atom stereocenters. The summed E-state index contributed by atoms with van der Waals surface area (Å²) in [7, 11) is 0. The fourth-order valence-electron chi connectivity index (χ4n) is 1.44. The molecule has 0 saturated heterocycles. The largest absolute Gasteiger partial charge is 0.320 e. The van der Waals surface area contributed by atoms with Gasteiger partial charge in [0.2, 0.25) is 5.91 Å². The van der Waals surface area contributed by atoms with Gasteiger partial charge < -0.3 is 11.1 Å². The highest BCUT2D eigenvalue weighted by Gasteiger charge is 2.19. The number of hydrogen-bond acceptors (Lipinski definition) is 4. The van der Waals surface area contributed by atoms with Crippen LogP contribution in [0.3, 0.4) is 0 Å². The third kappa shape index (κ3) is 3.49. The van der Waals surface area contributed by atoms with Crippen LogP contribution < -0.4 is 11.1 Å². The van der Waals surface area contributed by atoms with Gasteiger partial charge in [0.25, 0.3) is 5.69 Å². The molecular weight excluding hydrogens is 241 g/mol. The Morgan fingerprint density at radius 2 is 2.28 bits per heavy atom. The van der Waals surface area contributed by atoms with Gasteiger partial charge in [0.05, 0.1) is 11.0 Å². The number of nitrogens with two attached hydrogens (primary N) is 1. The number of nitrogens with one attached hydrogen (secondary N) is 1. The lowest BCUT2D eigenvalue weighted by Gasteiger charge is -2.11. The van der Waals surface area contributed by atoms with Crippen LogP contribution in [0.5, 0.6) is 0 Å². The van der Waals surface area contributed by atoms with Crippen molar-refractivity contribution in [3.8, 4) is 0 Å². The predicted molar refractivity (Wildman–Crippen MR) is 64.6 cm³/mol. The highest BCUT2D eigenvalue weighted by atomic mass is 19.1. The summed E-state index contributed by atoms with van der Waals surface area (Å²) in [6, 6.07) is 2.09. The molecule has 0 heterocycles. The molecule has 6 nitrogen and oxygen atoms in total. The Morgan fingerprint density at radius 3 is 2.83 bits per heavy atom. The van der Waals surface area contributed by atoms with Crippen molar-refractivity contribution in [3.63, 3.8) is 0 Å². The van der Waals surface area contributed by atoms with Crippen molar-refractivity contribution in [3.05, 3.63) is 34.1 Å². The third-order valence-corrected chi connectivity index (χ3v) is 2.35. The Kier molecular flexibility index (Phi) is 4.73. The van der Waals surface area contributed by atoms with Gasteiger partial charge in [-0.25, -0.2) is 4.39 Å². The predicted octanol–water partition coefficient (Wildman–Crippen LogP) is 1.80. The number of hydrogen-bond donors (Lipinski definition) is 2. The molecule has 0 saturated carbocycles. The first kappa shape index (κ1) is 14.0. The Morgan fingerprint density at radius 1 is 1.61 bits per heavy atom. The molecule has 3 N–H and O–H groups in total. The number of anilines is 1. The van der Waals surface area contributed by atoms with Crippen LogP contribution in [-0.4, -0.2) is 16.9 Å². The molecule has 1 amide bonds. The zero-order chi connectivity index (χ0) is 13.7. The first-order valence-electron chi connectivity index (χ1n) is 5.46. The summed E-state index contributed by atoms with van der Waals surface area (Å²) in [6.45, 7) is 1.86. The minimum absolute atomic E-state index is 0.184. The molecule has 1 aromatic rings. The van der Waals surface area contributed by atoms with E-state index < -0.39 is 22.7 Å². The van der Waals surface area contributed by atoms with Gasteiger partial charge in [-0.2, -0.15) is 0 Å². The van der Waals surface area contributed by atoms with Crippen molar-refractivity contribution >= 4 is 17.3 Å². The minimum Gasteiger partial charge on any atom is -0.320 e. The van der Waals surface area contributed by atoms with Crippen LogP contribution in [0, 0.1) is 15.9 Å². The first-order chi connectivity index (χ1) is 8.45. The van der Waals surface area contributed by atoms with Gasteiger partial charge in [-0.05, 0) is 12.5 Å². The second-order valence-electron chi connectivity index (χ2n) is 3.80. The van der Waals surface area contributed by atoms with Gasteiger partial charge in [-0.1, -0.05) is 13.3 Å². The highest BCUT2D eigenvalue weighted by molar-refractivity contribution is 5.96. The Balaban J connectivity index is 2.92. The second-order valence-corrected chi connectivity index (χ2v) is 3.80. The molecule has 0 fully saturated rings. The van der Waals surface area contributed by atoms with Crippen LogP contribution in [0.4, 0.5) is 15.8 Å². The monoisotopic (exact) mass is 255 g/mol. The van der Waals surface area contributed by atoms with E-state index >= 15 is 0 Å². The molecule has 0 radical (unpaired) electrons. The van der Waals surface area contributed by atoms with E-state index in [0.717, 1.165) is 18.2 Å². The zero-order valence-electron chi connectivity index (χ0n) is 9.85. The van der Waals surface area contributed by atoms with Crippen LogP contribution in [0.15, 0.2) is 18.2 Å². The summed E-state index contributed by atoms with van der Waals surface area (Å²) in [6.07, 6.45) is 1.16. The normalized spacial score (nSPS) is 11.9. The number of rotatable bonds is 5. The molecule has 0 bridgehead atoms. The molecule has 0 aliphatic rings. The van der Waals surface area contributed by atoms with E-state index in [0.29, 0.717) is 12.8 Å². The Bertz CT molecular complexity index is 465. The standard InChI is InChI=1S/C11H14FN3O3/c1-2-3-8(13)11(16)14-9-6-7(12)4-5-10(9)15(17)18/h4-6,8H,2-3,13H2,1H3,(H,14,16)/t8-/m0/s1. The van der Waals surface area contributed by atoms with Crippen LogP contribution in [0.1, 0.15) is 19.8 Å². The highest BCUT2D eigenvalue weighted by Crippen LogP contribution is 2.25. The van der Waals surface area contributed by atoms with Crippen LogP contribution in [0.25, 0.3) is 0 Å². The van der Waals surface area contributed by atoms with Crippen molar-refractivity contribution in [2.75, 3.05) is 5.32 Å². The maximum Gasteiger partial charge on any atom is 0.292 e. The lowest BCUT2D eigenvalue weighted by molar-refractivity contribution is -0.384. The van der Waals surface area contributed by atoms with Gasteiger partial charge in [-0.3, -0.25) is 14.9 Å². The quantitative estimate of drug-likeness (QED) is 0.619. The van der Waals surface area contributed by atoms with Crippen molar-refractivity contribution in [1.29, 1.82) is 0 Å². The molecule has 0 spiro atoms. The number of carbonyl (C=O) groups excluding carboxylic acids is 1. The average molecular weight is 255 g/mol. The molecular formula is C11H14FN3O3. The molecule has 1 rings (SSSR count). The van der Waals surface area contributed by atoms with Crippen LogP contribution in [-0.2, 0) is 4.79 Å². The van der Waals surface area contributed by atoms with Crippen molar-refractivity contribution < 1.29 is 14.1 Å². The number of carbonyl (C=O) groups is 1. The van der Waals surface area contributed by atoms with Crippen molar-refractivity contribution in [2.45, 2.75) is 25.8 Å². The summed E-state index contributed by atoms with van der Waals surface area (Å²) in [4.78, 5) is 21.6. The lowest BCUT2D eigenvalue weighted by Crippen LogP contribution is -2.35. The number of nitrogens with zero attached hydrogens (tertiary/aromatic N) is 1. The summed E-state index contributed by atoms with van der Waals surface area (Å²) in [5, 5.41) is 13.0. The van der Waals surface area contributed by atoms with E-state index in [-0.39, 0.29) is 11.4 Å². The Labute approximate surface area is 103 Å². The maximum atomic E-state index is 13.0. The molecule has 18 heavy (non-hydrogen) atoms. The second kappa shape index (κ2) is 6.06. The smallest absolute Gasteiger partial charge is 0.292 e. The van der Waals surface area contributed by atoms with Crippen LogP contribution in [0.2, 0.25) is 0 Å². The molecule has 0 aromatic heterocycles. The molecule has 0 aliphatic heterocycles. The molecule has 0 aliphatic carbocycles. The third-order valence-electron chi connectivity index (χ3n) is 2.35. The van der Waals surface area contributed by atoms with E-state index in [9.17, 15) is 19.3 Å². The number of benzene rings is 1. The van der Waals surface area contributed by atoms with E-state index in [1.54, 1.807) is 0 Å². The number of halogens is 1. The topological polar surface area (TPSA) is 98.3 Å². The SMILES string of the molecule is CCC[C@H](N)C(=O)Nc1cc(F)ccc1[N+](=O)[O-]. The zero-order valence-corrected chi connectivity index (χ0v) is 9.85. The van der Waals surface area contributed by atoms with E-state index in [2.05, 4.69) is 5.32 Å².